The van der Waals surface area contributed by atoms with Crippen molar-refractivity contribution in [3.63, 3.8) is 0 Å². The topological polar surface area (TPSA) is 83.5 Å². The van der Waals surface area contributed by atoms with Crippen molar-refractivity contribution in [1.29, 1.82) is 0 Å². The van der Waals surface area contributed by atoms with Gasteiger partial charge in [-0.15, -0.1) is 0 Å². The minimum absolute atomic E-state index is 0.00230. The molecule has 3 rings (SSSR count). The normalized spacial score (nSPS) is 12.5. The first-order valence-corrected chi connectivity index (χ1v) is 10.2. The highest BCUT2D eigenvalue weighted by Crippen LogP contribution is 2.24. The number of allylic oxidation sites excluding steroid dienone is 1. The van der Waals surface area contributed by atoms with E-state index in [4.69, 9.17) is 9.15 Å². The molecule has 1 heterocycles. The minimum Gasteiger partial charge on any atom is -0.748 e. The SMILES string of the molecule is CCO/C(C)=C/c1oc2ccc(-c3ccccc3)cc2[n+]1CCS(=O)(=O)[O-]. The fraction of sp³-hybridized carbons (Fsp3) is 0.250. The van der Waals surface area contributed by atoms with Crippen molar-refractivity contribution in [2.75, 3.05) is 12.4 Å². The van der Waals surface area contributed by atoms with E-state index in [1.54, 1.807) is 17.6 Å². The number of hydrogen-bond donors (Lipinski definition) is 0. The van der Waals surface area contributed by atoms with Crippen LogP contribution in [0.3, 0.4) is 0 Å². The van der Waals surface area contributed by atoms with E-state index in [0.717, 1.165) is 16.6 Å². The number of oxazole rings is 1. The number of aromatic nitrogens is 1. The Morgan fingerprint density at radius 3 is 2.59 bits per heavy atom. The lowest BCUT2D eigenvalue weighted by atomic mass is 10.1. The molecule has 142 valence electrons. The summed E-state index contributed by atoms with van der Waals surface area (Å²) in [6.07, 6.45) is 1.70. The maximum Gasteiger partial charge on any atom is 0.377 e. The number of aryl methyl sites for hydroxylation is 1. The molecule has 0 fully saturated rings. The molecule has 0 unspecified atom stereocenters. The Hall–Kier alpha value is -2.64. The Morgan fingerprint density at radius 2 is 1.93 bits per heavy atom. The highest BCUT2D eigenvalue weighted by Gasteiger charge is 2.23. The lowest BCUT2D eigenvalue weighted by molar-refractivity contribution is -0.673. The van der Waals surface area contributed by atoms with Crippen LogP contribution in [0.4, 0.5) is 0 Å². The van der Waals surface area contributed by atoms with Crippen LogP contribution in [0.1, 0.15) is 19.7 Å². The second-order valence-electron chi connectivity index (χ2n) is 6.09. The smallest absolute Gasteiger partial charge is 0.377 e. The summed E-state index contributed by atoms with van der Waals surface area (Å²) in [6.45, 7) is 4.18. The zero-order valence-electron chi connectivity index (χ0n) is 15.2. The van der Waals surface area contributed by atoms with Crippen molar-refractivity contribution in [3.05, 3.63) is 60.2 Å². The lowest BCUT2D eigenvalue weighted by Gasteiger charge is -2.04. The van der Waals surface area contributed by atoms with Crippen LogP contribution in [0.15, 0.2) is 58.7 Å². The number of nitrogens with zero attached hydrogens (tertiary/aromatic N) is 1. The van der Waals surface area contributed by atoms with E-state index in [9.17, 15) is 13.0 Å². The standard InChI is InChI=1S/C20H21NO5S/c1-3-25-15(2)13-20-21(11-12-27(22,23)24)18-14-17(9-10-19(18)26-20)16-7-5-4-6-8-16/h4-10,13-14H,3,11-12H2,1-2H3/b15-13+. The number of benzene rings is 2. The fourth-order valence-electron chi connectivity index (χ4n) is 2.90. The molecule has 0 saturated carbocycles. The molecule has 6 nitrogen and oxygen atoms in total. The van der Waals surface area contributed by atoms with Crippen molar-refractivity contribution in [2.45, 2.75) is 20.4 Å². The predicted octanol–water partition coefficient (Wildman–Crippen LogP) is 3.33. The summed E-state index contributed by atoms with van der Waals surface area (Å²) in [5.74, 6) is 0.555. The van der Waals surface area contributed by atoms with E-state index in [-0.39, 0.29) is 6.54 Å². The van der Waals surface area contributed by atoms with Gasteiger partial charge in [0, 0.05) is 6.07 Å². The molecule has 0 aliphatic carbocycles. The van der Waals surface area contributed by atoms with Gasteiger partial charge in [-0.05, 0) is 31.0 Å². The third-order valence-electron chi connectivity index (χ3n) is 4.10. The zero-order chi connectivity index (χ0) is 19.4. The van der Waals surface area contributed by atoms with Crippen LogP contribution in [-0.4, -0.2) is 25.3 Å². The van der Waals surface area contributed by atoms with Crippen molar-refractivity contribution in [1.82, 2.24) is 0 Å². The number of hydrogen-bond acceptors (Lipinski definition) is 5. The molecule has 0 aliphatic rings. The van der Waals surface area contributed by atoms with E-state index in [2.05, 4.69) is 0 Å². The molecule has 3 aromatic rings. The Balaban J connectivity index is 2.12. The van der Waals surface area contributed by atoms with E-state index < -0.39 is 15.9 Å². The van der Waals surface area contributed by atoms with Gasteiger partial charge in [0.05, 0.1) is 18.4 Å². The van der Waals surface area contributed by atoms with Gasteiger partial charge in [0.25, 0.3) is 5.52 Å². The average molecular weight is 387 g/mol. The van der Waals surface area contributed by atoms with Gasteiger partial charge in [0.15, 0.2) is 6.54 Å². The summed E-state index contributed by atoms with van der Waals surface area (Å²) in [6, 6.07) is 15.5. The number of ether oxygens (including phenoxy) is 1. The second kappa shape index (κ2) is 7.94. The third kappa shape index (κ3) is 4.75. The second-order valence-corrected chi connectivity index (χ2v) is 7.61. The molecule has 0 aliphatic heterocycles. The van der Waals surface area contributed by atoms with E-state index >= 15 is 0 Å². The van der Waals surface area contributed by atoms with Gasteiger partial charge in [0.1, 0.15) is 15.9 Å². The van der Waals surface area contributed by atoms with E-state index in [1.807, 2.05) is 55.5 Å². The molecular weight excluding hydrogens is 366 g/mol. The molecule has 0 saturated heterocycles. The molecule has 0 bridgehead atoms. The highest BCUT2D eigenvalue weighted by atomic mass is 32.2. The van der Waals surface area contributed by atoms with Crippen molar-refractivity contribution < 1.29 is 26.7 Å². The Kier molecular flexibility index (Phi) is 5.62. The molecule has 7 heteroatoms. The summed E-state index contributed by atoms with van der Waals surface area (Å²) < 4.78 is 46.5. The van der Waals surface area contributed by atoms with E-state index in [1.165, 1.54) is 0 Å². The molecule has 2 aromatic carbocycles. The minimum atomic E-state index is -4.35. The van der Waals surface area contributed by atoms with Crippen LogP contribution in [0, 0.1) is 0 Å². The molecule has 0 amide bonds. The Morgan fingerprint density at radius 1 is 1.19 bits per heavy atom. The summed E-state index contributed by atoms with van der Waals surface area (Å²) in [5, 5.41) is 0. The van der Waals surface area contributed by atoms with Crippen molar-refractivity contribution >= 4 is 27.3 Å². The van der Waals surface area contributed by atoms with Crippen LogP contribution in [-0.2, 0) is 21.4 Å². The molecular formula is C20H21NO5S. The van der Waals surface area contributed by atoms with Crippen LogP contribution in [0.5, 0.6) is 0 Å². The molecule has 1 aromatic heterocycles. The highest BCUT2D eigenvalue weighted by molar-refractivity contribution is 7.85. The van der Waals surface area contributed by atoms with Gasteiger partial charge in [-0.2, -0.15) is 4.57 Å². The van der Waals surface area contributed by atoms with Gasteiger partial charge in [0.2, 0.25) is 5.58 Å². The third-order valence-corrected chi connectivity index (χ3v) is 4.78. The summed E-state index contributed by atoms with van der Waals surface area (Å²) >= 11 is 0. The first-order valence-electron chi connectivity index (χ1n) is 8.64. The summed E-state index contributed by atoms with van der Waals surface area (Å²) in [7, 11) is -4.35. The van der Waals surface area contributed by atoms with Crippen LogP contribution < -0.4 is 4.57 Å². The van der Waals surface area contributed by atoms with Crippen molar-refractivity contribution in [2.24, 2.45) is 0 Å². The van der Waals surface area contributed by atoms with Gasteiger partial charge in [-0.25, -0.2) is 8.42 Å². The predicted molar refractivity (Wildman–Crippen MR) is 102 cm³/mol. The Labute approximate surface area is 158 Å². The van der Waals surface area contributed by atoms with Gasteiger partial charge in [-0.3, -0.25) is 0 Å². The van der Waals surface area contributed by atoms with E-state index in [0.29, 0.717) is 23.8 Å². The Bertz CT molecular complexity index is 1070. The molecule has 0 radical (unpaired) electrons. The molecule has 0 spiro atoms. The molecule has 0 N–H and O–H groups in total. The molecule has 27 heavy (non-hydrogen) atoms. The summed E-state index contributed by atoms with van der Waals surface area (Å²) in [5.41, 5.74) is 3.33. The fourth-order valence-corrected chi connectivity index (χ4v) is 3.30. The van der Waals surface area contributed by atoms with Gasteiger partial charge in [-0.1, -0.05) is 36.4 Å². The first kappa shape index (κ1) is 19.1. The number of fused-ring (bicyclic) bond motifs is 1. The maximum atomic E-state index is 11.1. The first-order chi connectivity index (χ1) is 12.9. The van der Waals surface area contributed by atoms with Crippen molar-refractivity contribution in [3.8, 4) is 11.1 Å². The average Bonchev–Trinajstić information content (AvgIpc) is 2.96. The zero-order valence-corrected chi connectivity index (χ0v) is 16.0. The lowest BCUT2D eigenvalue weighted by Crippen LogP contribution is -2.38. The molecule has 0 atom stereocenters. The van der Waals surface area contributed by atoms with Crippen LogP contribution >= 0.6 is 0 Å². The van der Waals surface area contributed by atoms with Gasteiger partial charge >= 0.3 is 5.89 Å². The van der Waals surface area contributed by atoms with Gasteiger partial charge < -0.3 is 13.7 Å². The monoisotopic (exact) mass is 387 g/mol. The quantitative estimate of drug-likeness (QED) is 0.353. The summed E-state index contributed by atoms with van der Waals surface area (Å²) in [4.78, 5) is 0. The maximum absolute atomic E-state index is 11.1. The van der Waals surface area contributed by atoms with Crippen LogP contribution in [0.2, 0.25) is 0 Å². The van der Waals surface area contributed by atoms with Crippen LogP contribution in [0.25, 0.3) is 28.3 Å². The largest absolute Gasteiger partial charge is 0.748 e. The number of rotatable bonds is 7.